The van der Waals surface area contributed by atoms with Crippen molar-refractivity contribution in [3.05, 3.63) is 20.8 Å². The molecule has 1 aromatic rings. The standard InChI is InChI=1S/C16H25BrN2S/c17-16-8-7-12(20-16)9-11-19-14-5-2-1-4-13(14)15-6-3-10-18-15/h7-8,13-15,18-19H,1-6,9-11H2. The molecule has 2 heterocycles. The Balaban J connectivity index is 1.49. The van der Waals surface area contributed by atoms with E-state index in [2.05, 4.69) is 38.7 Å². The molecule has 0 bridgehead atoms. The topological polar surface area (TPSA) is 24.1 Å². The molecule has 3 atom stereocenters. The van der Waals surface area contributed by atoms with Gasteiger partial charge in [-0.25, -0.2) is 0 Å². The molecule has 1 saturated carbocycles. The van der Waals surface area contributed by atoms with E-state index in [1.807, 2.05) is 11.3 Å². The lowest BCUT2D eigenvalue weighted by Gasteiger charge is -2.36. The maximum Gasteiger partial charge on any atom is 0.0701 e. The highest BCUT2D eigenvalue weighted by molar-refractivity contribution is 9.11. The lowest BCUT2D eigenvalue weighted by atomic mass is 9.79. The van der Waals surface area contributed by atoms with Gasteiger partial charge in [-0.3, -0.25) is 0 Å². The Morgan fingerprint density at radius 1 is 1.20 bits per heavy atom. The minimum Gasteiger partial charge on any atom is -0.314 e. The van der Waals surface area contributed by atoms with Crippen LogP contribution >= 0.6 is 27.3 Å². The summed E-state index contributed by atoms with van der Waals surface area (Å²) in [6, 6.07) is 5.92. The van der Waals surface area contributed by atoms with Crippen molar-refractivity contribution < 1.29 is 0 Å². The summed E-state index contributed by atoms with van der Waals surface area (Å²) in [7, 11) is 0. The van der Waals surface area contributed by atoms with Crippen LogP contribution < -0.4 is 10.6 Å². The summed E-state index contributed by atoms with van der Waals surface area (Å²) >= 11 is 5.41. The second-order valence-corrected chi connectivity index (χ2v) is 8.72. The molecule has 1 aliphatic carbocycles. The summed E-state index contributed by atoms with van der Waals surface area (Å²) in [5.74, 6) is 0.862. The fourth-order valence-corrected chi connectivity index (χ4v) is 5.32. The first kappa shape index (κ1) is 15.0. The van der Waals surface area contributed by atoms with Crippen molar-refractivity contribution in [1.82, 2.24) is 10.6 Å². The van der Waals surface area contributed by atoms with Crippen LogP contribution in [0.15, 0.2) is 15.9 Å². The lowest BCUT2D eigenvalue weighted by molar-refractivity contribution is 0.216. The number of halogens is 1. The minimum absolute atomic E-state index is 0.739. The van der Waals surface area contributed by atoms with Crippen LogP contribution in [0.4, 0.5) is 0 Å². The van der Waals surface area contributed by atoms with Gasteiger partial charge in [-0.05, 0) is 72.6 Å². The fourth-order valence-electron chi connectivity index (χ4n) is 3.84. The molecule has 0 radical (unpaired) electrons. The van der Waals surface area contributed by atoms with Crippen LogP contribution in [0.1, 0.15) is 43.4 Å². The van der Waals surface area contributed by atoms with Gasteiger partial charge < -0.3 is 10.6 Å². The van der Waals surface area contributed by atoms with Gasteiger partial charge in [-0.2, -0.15) is 0 Å². The Labute approximate surface area is 134 Å². The van der Waals surface area contributed by atoms with Gasteiger partial charge in [0, 0.05) is 23.5 Å². The average molecular weight is 357 g/mol. The summed E-state index contributed by atoms with van der Waals surface area (Å²) in [5, 5.41) is 7.58. The molecule has 2 fully saturated rings. The third kappa shape index (κ3) is 3.85. The number of nitrogens with one attached hydrogen (secondary N) is 2. The van der Waals surface area contributed by atoms with Gasteiger partial charge in [0.05, 0.1) is 3.79 Å². The van der Waals surface area contributed by atoms with Crippen molar-refractivity contribution in [2.75, 3.05) is 13.1 Å². The molecule has 20 heavy (non-hydrogen) atoms. The molecule has 1 aromatic heterocycles. The van der Waals surface area contributed by atoms with E-state index in [-0.39, 0.29) is 0 Å². The van der Waals surface area contributed by atoms with Crippen LogP contribution in [0.5, 0.6) is 0 Å². The van der Waals surface area contributed by atoms with Crippen molar-refractivity contribution in [2.24, 2.45) is 5.92 Å². The fraction of sp³-hybridized carbons (Fsp3) is 0.750. The van der Waals surface area contributed by atoms with Crippen LogP contribution in [0.25, 0.3) is 0 Å². The zero-order valence-electron chi connectivity index (χ0n) is 12.0. The summed E-state index contributed by atoms with van der Waals surface area (Å²) < 4.78 is 1.25. The first-order valence-electron chi connectivity index (χ1n) is 8.04. The highest BCUT2D eigenvalue weighted by Crippen LogP contribution is 2.30. The molecule has 2 nitrogen and oxygen atoms in total. The lowest BCUT2D eigenvalue weighted by Crippen LogP contribution is -2.47. The quantitative estimate of drug-likeness (QED) is 0.834. The molecule has 112 valence electrons. The zero-order chi connectivity index (χ0) is 13.8. The van der Waals surface area contributed by atoms with Crippen LogP contribution in [0, 0.1) is 5.92 Å². The summed E-state index contributed by atoms with van der Waals surface area (Å²) in [6.07, 6.45) is 9.55. The third-order valence-corrected chi connectivity index (χ3v) is 6.52. The number of thiophene rings is 1. The van der Waals surface area contributed by atoms with Crippen LogP contribution in [-0.4, -0.2) is 25.2 Å². The highest BCUT2D eigenvalue weighted by Gasteiger charge is 2.32. The highest BCUT2D eigenvalue weighted by atomic mass is 79.9. The summed E-state index contributed by atoms with van der Waals surface area (Å²) in [6.45, 7) is 2.36. The number of hydrogen-bond donors (Lipinski definition) is 2. The molecular formula is C16H25BrN2S. The molecule has 1 aliphatic heterocycles. The minimum atomic E-state index is 0.739. The summed E-state index contributed by atoms with van der Waals surface area (Å²) in [5.41, 5.74) is 0. The predicted octanol–water partition coefficient (Wildman–Crippen LogP) is 3.95. The summed E-state index contributed by atoms with van der Waals surface area (Å²) in [4.78, 5) is 1.48. The van der Waals surface area contributed by atoms with E-state index < -0.39 is 0 Å². The van der Waals surface area contributed by atoms with Gasteiger partial charge in [0.15, 0.2) is 0 Å². The molecule has 1 saturated heterocycles. The molecule has 2 N–H and O–H groups in total. The Morgan fingerprint density at radius 2 is 2.10 bits per heavy atom. The van der Waals surface area contributed by atoms with Gasteiger partial charge >= 0.3 is 0 Å². The first-order chi connectivity index (χ1) is 9.83. The Morgan fingerprint density at radius 3 is 2.85 bits per heavy atom. The Hall–Kier alpha value is 0.1000. The van der Waals surface area contributed by atoms with Gasteiger partial charge in [-0.1, -0.05) is 12.8 Å². The maximum atomic E-state index is 3.86. The van der Waals surface area contributed by atoms with Crippen molar-refractivity contribution in [3.8, 4) is 0 Å². The van der Waals surface area contributed by atoms with Crippen LogP contribution in [0.3, 0.4) is 0 Å². The second kappa shape index (κ2) is 7.39. The van der Waals surface area contributed by atoms with E-state index in [0.29, 0.717) is 0 Å². The van der Waals surface area contributed by atoms with E-state index in [0.717, 1.165) is 31.0 Å². The van der Waals surface area contributed by atoms with Crippen molar-refractivity contribution in [1.29, 1.82) is 0 Å². The average Bonchev–Trinajstić information content (AvgIpc) is 3.11. The number of hydrogen-bond acceptors (Lipinski definition) is 3. The van der Waals surface area contributed by atoms with E-state index in [1.54, 1.807) is 0 Å². The van der Waals surface area contributed by atoms with Gasteiger partial charge in [0.25, 0.3) is 0 Å². The monoisotopic (exact) mass is 356 g/mol. The molecule has 0 spiro atoms. The molecule has 3 rings (SSSR count). The van der Waals surface area contributed by atoms with E-state index >= 15 is 0 Å². The van der Waals surface area contributed by atoms with Crippen molar-refractivity contribution >= 4 is 27.3 Å². The molecule has 4 heteroatoms. The molecule has 0 aromatic carbocycles. The van der Waals surface area contributed by atoms with E-state index in [4.69, 9.17) is 0 Å². The Kier molecular flexibility index (Phi) is 5.55. The van der Waals surface area contributed by atoms with E-state index in [9.17, 15) is 0 Å². The van der Waals surface area contributed by atoms with Gasteiger partial charge in [0.1, 0.15) is 0 Å². The first-order valence-corrected chi connectivity index (χ1v) is 9.65. The van der Waals surface area contributed by atoms with Crippen LogP contribution in [0.2, 0.25) is 0 Å². The Bertz CT molecular complexity index is 414. The van der Waals surface area contributed by atoms with Crippen molar-refractivity contribution in [2.45, 2.75) is 57.0 Å². The number of rotatable bonds is 5. The maximum absolute atomic E-state index is 3.86. The largest absolute Gasteiger partial charge is 0.314 e. The normalized spacial score (nSPS) is 30.8. The SMILES string of the molecule is Brc1ccc(CCNC2CCCCC2C2CCCN2)s1. The van der Waals surface area contributed by atoms with E-state index in [1.165, 1.54) is 53.7 Å². The van der Waals surface area contributed by atoms with Gasteiger partial charge in [-0.15, -0.1) is 11.3 Å². The van der Waals surface area contributed by atoms with Gasteiger partial charge in [0.2, 0.25) is 0 Å². The predicted molar refractivity (Wildman–Crippen MR) is 90.5 cm³/mol. The molecule has 2 aliphatic rings. The molecule has 0 amide bonds. The molecular weight excluding hydrogens is 332 g/mol. The van der Waals surface area contributed by atoms with Crippen LogP contribution in [-0.2, 0) is 6.42 Å². The zero-order valence-corrected chi connectivity index (χ0v) is 14.4. The molecule has 3 unspecified atom stereocenters. The van der Waals surface area contributed by atoms with Crippen molar-refractivity contribution in [3.63, 3.8) is 0 Å². The third-order valence-electron chi connectivity index (χ3n) is 4.84. The second-order valence-electron chi connectivity index (χ2n) is 6.17. The smallest absolute Gasteiger partial charge is 0.0701 e.